The maximum Gasteiger partial charge on any atom is 3.00 e. The van der Waals surface area contributed by atoms with Crippen molar-refractivity contribution in [2.75, 3.05) is 123 Å². The molecule has 0 aliphatic rings. The average molecular weight is 1700 g/mol. The molecule has 4 aromatic carbocycles. The van der Waals surface area contributed by atoms with Gasteiger partial charge in [0.2, 0.25) is 0 Å². The summed E-state index contributed by atoms with van der Waals surface area (Å²) in [6.45, 7) is 19.1. The summed E-state index contributed by atoms with van der Waals surface area (Å²) in [5, 5.41) is 127. The number of benzene rings is 4. The fourth-order valence-corrected chi connectivity index (χ4v) is 7.40. The summed E-state index contributed by atoms with van der Waals surface area (Å²) in [6.07, 6.45) is 0. The zero-order chi connectivity index (χ0) is 69.1. The van der Waals surface area contributed by atoms with Crippen molar-refractivity contribution in [1.29, 1.82) is 0 Å². The van der Waals surface area contributed by atoms with E-state index in [9.17, 15) is 20.4 Å². The van der Waals surface area contributed by atoms with Crippen LogP contribution in [-0.4, -0.2) is 185 Å². The predicted octanol–water partition coefficient (Wildman–Crippen LogP) is 0.478. The largest absolute Gasteiger partial charge is 3.00 e. The summed E-state index contributed by atoms with van der Waals surface area (Å²) in [7, 11) is 18.4. The molecular formula is C54H80Dy2N10Ni2O24. The third-order valence-corrected chi connectivity index (χ3v) is 11.2. The molecule has 0 amide bonds. The van der Waals surface area contributed by atoms with Gasteiger partial charge in [-0.15, -0.1) is 0 Å². The Balaban J connectivity index is -0.000000183. The number of hydrogen-bond acceptors (Lipinski definition) is 30. The second-order valence-corrected chi connectivity index (χ2v) is 19.3. The van der Waals surface area contributed by atoms with E-state index in [1.807, 2.05) is 80.2 Å². The van der Waals surface area contributed by atoms with Crippen LogP contribution >= 0.6 is 0 Å². The van der Waals surface area contributed by atoms with E-state index in [4.69, 9.17) is 100 Å². The Bertz CT molecular complexity index is 2350. The summed E-state index contributed by atoms with van der Waals surface area (Å²) in [4.78, 5) is 63.9. The summed E-state index contributed by atoms with van der Waals surface area (Å²) in [5.41, 5.74) is 7.13. The van der Waals surface area contributed by atoms with Crippen molar-refractivity contribution in [3.63, 3.8) is 0 Å². The Morgan fingerprint density at radius 3 is 0.587 bits per heavy atom. The van der Waals surface area contributed by atoms with E-state index in [1.54, 1.807) is 24.3 Å². The number of carbonyl (C=O) groups excluding carboxylic acids is 2. The monoisotopic (exact) mass is 1700 g/mol. The van der Waals surface area contributed by atoms with E-state index in [-0.39, 0.29) is 132 Å². The molecule has 0 aromatic heterocycles. The van der Waals surface area contributed by atoms with Gasteiger partial charge >= 0.3 is 109 Å². The number of nitrogens with zero attached hydrogens (tertiary/aromatic N) is 10. The Morgan fingerprint density at radius 2 is 0.467 bits per heavy atom. The minimum absolute atomic E-state index is 0. The minimum Gasteiger partial charge on any atom is -0.870 e. The molecule has 0 heterocycles. The summed E-state index contributed by atoms with van der Waals surface area (Å²) >= 11 is 0. The molecule has 0 saturated carbocycles. The van der Waals surface area contributed by atoms with Gasteiger partial charge in [-0.05, 0) is 153 Å². The van der Waals surface area contributed by atoms with E-state index in [2.05, 4.69) is 43.5 Å². The number of aryl methyl sites for hydroxylation is 4. The molecule has 0 spiro atoms. The van der Waals surface area contributed by atoms with Crippen LogP contribution in [0.5, 0.6) is 46.0 Å². The first-order valence-electron chi connectivity index (χ1n) is 25.8. The quantitative estimate of drug-likeness (QED) is 0.0523. The molecule has 92 heavy (non-hydrogen) atoms. The number of carboxylic acid groups (broad SMARTS) is 2. The molecule has 0 bridgehead atoms. The van der Waals surface area contributed by atoms with Gasteiger partial charge in [0, 0.05) is 90.5 Å². The molecule has 0 atom stereocenters. The van der Waals surface area contributed by atoms with Crippen molar-refractivity contribution >= 4 is 11.9 Å². The SMILES string of the molecule is CC(=O)[O-].CC(=O)[O-].COc1cc(C)cc(CN(C)CCN(C)CCN(C)Cc2cc(C)cc(OC)c2[O-])c1[O-].COc1cc(C)cc(CN(C)CCN(C)CCN(C)Cc2cc(C)cc(OC)c2[O-])c1[O-].O=[N+]([O-])[O-].O=[N+]([O-])[O-].O=[N+]([O-])[O-].O=[N+]([O-])[O-].[Dy+3].[Dy+3].[Ni+2].[Ni+2]. The molecule has 530 valence electrons. The molecular weight excluding hydrogens is 1620 g/mol. The van der Waals surface area contributed by atoms with Crippen molar-refractivity contribution in [2.45, 2.75) is 67.7 Å². The second kappa shape index (κ2) is 57.9. The van der Waals surface area contributed by atoms with Crippen molar-refractivity contribution in [3.8, 4) is 46.0 Å². The van der Waals surface area contributed by atoms with E-state index in [1.165, 1.54) is 28.4 Å². The van der Waals surface area contributed by atoms with Gasteiger partial charge in [-0.25, -0.2) is 0 Å². The van der Waals surface area contributed by atoms with Crippen LogP contribution in [0.1, 0.15) is 58.4 Å². The normalized spacial score (nSPS) is 9.63. The summed E-state index contributed by atoms with van der Waals surface area (Å²) in [5.74, 6) is -0.698. The third-order valence-electron chi connectivity index (χ3n) is 11.2. The molecule has 0 unspecified atom stereocenters. The van der Waals surface area contributed by atoms with Gasteiger partial charge in [0.05, 0.1) is 48.8 Å². The summed E-state index contributed by atoms with van der Waals surface area (Å²) < 4.78 is 20.8. The third kappa shape index (κ3) is 55.9. The molecule has 0 N–H and O–H groups in total. The maximum atomic E-state index is 12.4. The number of carbonyl (C=O) groups is 2. The molecule has 2 radical (unpaired) electrons. The van der Waals surface area contributed by atoms with Gasteiger partial charge < -0.3 is 150 Å². The van der Waals surface area contributed by atoms with Crippen molar-refractivity contribution in [3.05, 3.63) is 154 Å². The van der Waals surface area contributed by atoms with E-state index in [0.717, 1.165) is 111 Å². The zero-order valence-electron chi connectivity index (χ0n) is 53.6. The number of methoxy groups -OCH3 is 4. The molecule has 0 fully saturated rings. The van der Waals surface area contributed by atoms with Crippen LogP contribution in [-0.2, 0) is 68.8 Å². The zero-order valence-corrected chi connectivity index (χ0v) is 59.7. The molecule has 4 aromatic rings. The van der Waals surface area contributed by atoms with Crippen LogP contribution in [0, 0.1) is 165 Å². The van der Waals surface area contributed by atoms with Crippen molar-refractivity contribution in [1.82, 2.24) is 29.4 Å². The number of ether oxygens (including phenoxy) is 4. The topological polar surface area (TPSA) is 494 Å². The van der Waals surface area contributed by atoms with E-state index >= 15 is 0 Å². The molecule has 38 heteroatoms. The van der Waals surface area contributed by atoms with Crippen LogP contribution in [0.3, 0.4) is 0 Å². The van der Waals surface area contributed by atoms with Crippen LogP contribution in [0.4, 0.5) is 0 Å². The number of hydrogen-bond donors (Lipinski definition) is 0. The van der Waals surface area contributed by atoms with Gasteiger partial charge in [-0.2, -0.15) is 0 Å². The van der Waals surface area contributed by atoms with E-state index < -0.39 is 32.3 Å². The smallest absolute Gasteiger partial charge is 0.870 e. The first-order chi connectivity index (χ1) is 40.7. The van der Waals surface area contributed by atoms with Crippen LogP contribution in [0.25, 0.3) is 0 Å². The average Bonchev–Trinajstić information content (AvgIpc) is 1.34. The van der Waals surface area contributed by atoms with Gasteiger partial charge in [0.1, 0.15) is 23.0 Å². The number of rotatable bonds is 24. The van der Waals surface area contributed by atoms with Gasteiger partial charge in [-0.1, -0.05) is 47.3 Å². The fraction of sp³-hybridized carbons (Fsp3) is 0.519. The van der Waals surface area contributed by atoms with E-state index in [0.29, 0.717) is 49.2 Å². The van der Waals surface area contributed by atoms with Gasteiger partial charge in [0.25, 0.3) is 0 Å². The Morgan fingerprint density at radius 1 is 0.348 bits per heavy atom. The molecule has 0 aliphatic carbocycles. The maximum absolute atomic E-state index is 12.4. The van der Waals surface area contributed by atoms with Crippen molar-refractivity contribution in [2.24, 2.45) is 0 Å². The fourth-order valence-electron chi connectivity index (χ4n) is 7.40. The molecule has 0 aliphatic heterocycles. The minimum atomic E-state index is -1.75. The first-order valence-corrected chi connectivity index (χ1v) is 25.8. The Labute approximate surface area is 615 Å². The molecule has 0 saturated heterocycles. The second-order valence-electron chi connectivity index (χ2n) is 19.3. The number of aliphatic carboxylic acids is 2. The first kappa shape index (κ1) is 102. The standard InChI is InChI=1S/2C25H39N3O4.2C2H4O2.2Dy.4NO3.2Ni/c2*1-18-12-20(24(29)22(14-18)31-6)16-27(4)10-8-26(3)9-11-28(5)17-21-13-19(2)15-23(32-7)25(21)30;2*1-2(3)4;;;4*2-1(3)4;;/h2*12-15,29-30H,8-11,16-17H2,1-7H3;2*1H3,(H,3,4);;;;;;;;/q;;;;2*+3;4*-1;2*+2/p-6. The van der Waals surface area contributed by atoms with Crippen LogP contribution in [0.15, 0.2) is 48.5 Å². The number of carboxylic acids is 2. The Kier molecular flexibility index (Phi) is 64.5. The summed E-state index contributed by atoms with van der Waals surface area (Å²) in [6, 6.07) is 14.8. The predicted molar refractivity (Wildman–Crippen MR) is 312 cm³/mol. The van der Waals surface area contributed by atoms with Gasteiger partial charge in [0.15, 0.2) is 0 Å². The molecule has 34 nitrogen and oxygen atoms in total. The number of likely N-dealkylation sites (N-methyl/N-ethyl adjacent to an activating group) is 6. The van der Waals surface area contributed by atoms with Gasteiger partial charge in [-0.3, -0.25) is 0 Å². The van der Waals surface area contributed by atoms with Crippen molar-refractivity contribution < 1.29 is 189 Å². The Hall–Kier alpha value is -5.69. The van der Waals surface area contributed by atoms with Crippen LogP contribution < -0.4 is 49.6 Å². The molecule has 4 rings (SSSR count). The van der Waals surface area contributed by atoms with Crippen LogP contribution in [0.2, 0.25) is 0 Å².